The molecule has 5 nitrogen and oxygen atoms in total. The molecule has 0 aliphatic heterocycles. The Kier molecular flexibility index (Phi) is 4.47. The van der Waals surface area contributed by atoms with Crippen molar-refractivity contribution in [1.82, 2.24) is 14.7 Å². The first kappa shape index (κ1) is 15.0. The molecule has 1 unspecified atom stereocenters. The lowest BCUT2D eigenvalue weighted by Gasteiger charge is -2.16. The van der Waals surface area contributed by atoms with E-state index < -0.39 is 10.0 Å². The summed E-state index contributed by atoms with van der Waals surface area (Å²) in [5.41, 5.74) is 0.610. The van der Waals surface area contributed by atoms with Crippen LogP contribution < -0.4 is 4.72 Å². The van der Waals surface area contributed by atoms with Crippen LogP contribution >= 0.6 is 11.6 Å². The number of rotatable bonds is 5. The number of aromatic amines is 1. The standard InChI is InChI=1S/C13H16ClN3O2S/c1-3-11(13-15-6-7-16-13)17-20(18,19)12-5-4-10(14)8-9(12)2/h4-8,11,17H,3H2,1-2H3,(H,15,16). The number of imidazole rings is 1. The Labute approximate surface area is 123 Å². The number of H-pyrrole nitrogens is 1. The molecule has 1 heterocycles. The van der Waals surface area contributed by atoms with Crippen LogP contribution in [0.25, 0.3) is 0 Å². The fourth-order valence-electron chi connectivity index (χ4n) is 1.97. The molecule has 7 heteroatoms. The van der Waals surface area contributed by atoms with Gasteiger partial charge in [-0.05, 0) is 37.1 Å². The summed E-state index contributed by atoms with van der Waals surface area (Å²) in [6, 6.07) is 4.32. The van der Waals surface area contributed by atoms with Crippen molar-refractivity contribution in [3.8, 4) is 0 Å². The number of aromatic nitrogens is 2. The zero-order valence-electron chi connectivity index (χ0n) is 11.2. The van der Waals surface area contributed by atoms with Gasteiger partial charge in [-0.15, -0.1) is 0 Å². The van der Waals surface area contributed by atoms with Crippen LogP contribution in [0.5, 0.6) is 0 Å². The van der Waals surface area contributed by atoms with Crippen molar-refractivity contribution in [1.29, 1.82) is 0 Å². The number of nitrogens with zero attached hydrogens (tertiary/aromatic N) is 1. The topological polar surface area (TPSA) is 74.8 Å². The maximum absolute atomic E-state index is 12.4. The van der Waals surface area contributed by atoms with Crippen LogP contribution in [-0.4, -0.2) is 18.4 Å². The quantitative estimate of drug-likeness (QED) is 0.891. The number of aryl methyl sites for hydroxylation is 1. The number of sulfonamides is 1. The molecule has 0 aliphatic carbocycles. The maximum atomic E-state index is 12.4. The van der Waals surface area contributed by atoms with Crippen molar-refractivity contribution >= 4 is 21.6 Å². The van der Waals surface area contributed by atoms with E-state index in [2.05, 4.69) is 14.7 Å². The van der Waals surface area contributed by atoms with E-state index in [1.165, 1.54) is 6.07 Å². The van der Waals surface area contributed by atoms with Gasteiger partial charge in [0.1, 0.15) is 5.82 Å². The van der Waals surface area contributed by atoms with Crippen LogP contribution in [0.4, 0.5) is 0 Å². The molecule has 0 spiro atoms. The Morgan fingerprint density at radius 1 is 1.45 bits per heavy atom. The minimum absolute atomic E-state index is 0.229. The fraction of sp³-hybridized carbons (Fsp3) is 0.308. The number of halogens is 1. The third-order valence-electron chi connectivity index (χ3n) is 2.98. The average molecular weight is 314 g/mol. The highest BCUT2D eigenvalue weighted by atomic mass is 35.5. The lowest BCUT2D eigenvalue weighted by atomic mass is 10.2. The van der Waals surface area contributed by atoms with Gasteiger partial charge < -0.3 is 4.98 Å². The van der Waals surface area contributed by atoms with E-state index in [4.69, 9.17) is 11.6 Å². The zero-order chi connectivity index (χ0) is 14.8. The van der Waals surface area contributed by atoms with Gasteiger partial charge in [-0.25, -0.2) is 18.1 Å². The predicted octanol–water partition coefficient (Wildman–Crippen LogP) is 2.80. The molecule has 2 N–H and O–H groups in total. The van der Waals surface area contributed by atoms with Gasteiger partial charge in [0.05, 0.1) is 10.9 Å². The summed E-state index contributed by atoms with van der Waals surface area (Å²) in [7, 11) is -3.61. The third kappa shape index (κ3) is 3.20. The van der Waals surface area contributed by atoms with Crippen LogP contribution in [0.3, 0.4) is 0 Å². The van der Waals surface area contributed by atoms with Gasteiger partial charge in [0, 0.05) is 17.4 Å². The van der Waals surface area contributed by atoms with Crippen LogP contribution in [0.1, 0.15) is 30.8 Å². The van der Waals surface area contributed by atoms with Crippen LogP contribution in [0, 0.1) is 6.92 Å². The smallest absolute Gasteiger partial charge is 0.241 e. The highest BCUT2D eigenvalue weighted by Gasteiger charge is 2.23. The zero-order valence-corrected chi connectivity index (χ0v) is 12.8. The van der Waals surface area contributed by atoms with Gasteiger partial charge in [-0.3, -0.25) is 0 Å². The van der Waals surface area contributed by atoms with Crippen LogP contribution in [-0.2, 0) is 10.0 Å². The van der Waals surface area contributed by atoms with Gasteiger partial charge in [0.25, 0.3) is 0 Å². The first-order chi connectivity index (χ1) is 9.44. The highest BCUT2D eigenvalue weighted by molar-refractivity contribution is 7.89. The molecule has 1 aromatic heterocycles. The van der Waals surface area contributed by atoms with E-state index in [-0.39, 0.29) is 10.9 Å². The van der Waals surface area contributed by atoms with Crippen molar-refractivity contribution in [3.63, 3.8) is 0 Å². The maximum Gasteiger partial charge on any atom is 0.241 e. The normalized spacial score (nSPS) is 13.3. The Morgan fingerprint density at radius 3 is 2.75 bits per heavy atom. The van der Waals surface area contributed by atoms with E-state index in [1.807, 2.05) is 6.92 Å². The molecule has 2 aromatic rings. The molecule has 0 bridgehead atoms. The van der Waals surface area contributed by atoms with E-state index in [0.29, 0.717) is 22.8 Å². The molecule has 1 aromatic carbocycles. The molecule has 108 valence electrons. The molecule has 2 rings (SSSR count). The van der Waals surface area contributed by atoms with Gasteiger partial charge in [-0.2, -0.15) is 0 Å². The lowest BCUT2D eigenvalue weighted by Crippen LogP contribution is -2.29. The average Bonchev–Trinajstić information content (AvgIpc) is 2.89. The van der Waals surface area contributed by atoms with Crippen molar-refractivity contribution in [3.05, 3.63) is 47.0 Å². The van der Waals surface area contributed by atoms with Crippen LogP contribution in [0.15, 0.2) is 35.5 Å². The molecule has 0 amide bonds. The summed E-state index contributed by atoms with van der Waals surface area (Å²) in [4.78, 5) is 7.25. The van der Waals surface area contributed by atoms with Crippen LogP contribution in [0.2, 0.25) is 5.02 Å². The molecule has 0 saturated heterocycles. The first-order valence-electron chi connectivity index (χ1n) is 6.22. The molecule has 20 heavy (non-hydrogen) atoms. The molecule has 0 fully saturated rings. The summed E-state index contributed by atoms with van der Waals surface area (Å²) >= 11 is 5.85. The van der Waals surface area contributed by atoms with E-state index in [0.717, 1.165) is 0 Å². The van der Waals surface area contributed by atoms with Gasteiger partial charge in [0.2, 0.25) is 10.0 Å². The highest BCUT2D eigenvalue weighted by Crippen LogP contribution is 2.22. The second-order valence-corrected chi connectivity index (χ2v) is 6.59. The molecular formula is C13H16ClN3O2S. The Bertz CT molecular complexity index is 684. The fourth-order valence-corrected chi connectivity index (χ4v) is 3.70. The third-order valence-corrected chi connectivity index (χ3v) is 4.85. The molecule has 0 radical (unpaired) electrons. The van der Waals surface area contributed by atoms with E-state index >= 15 is 0 Å². The molecule has 0 aliphatic rings. The molecular weight excluding hydrogens is 298 g/mol. The number of hydrogen-bond acceptors (Lipinski definition) is 3. The van der Waals surface area contributed by atoms with E-state index in [9.17, 15) is 8.42 Å². The van der Waals surface area contributed by atoms with Gasteiger partial charge >= 0.3 is 0 Å². The van der Waals surface area contributed by atoms with Crippen molar-refractivity contribution in [2.75, 3.05) is 0 Å². The van der Waals surface area contributed by atoms with Crippen molar-refractivity contribution in [2.45, 2.75) is 31.2 Å². The first-order valence-corrected chi connectivity index (χ1v) is 8.08. The second kappa shape index (κ2) is 5.95. The minimum Gasteiger partial charge on any atom is -0.347 e. The Morgan fingerprint density at radius 2 is 2.20 bits per heavy atom. The Hall–Kier alpha value is -1.37. The summed E-state index contributed by atoms with van der Waals surface area (Å²) in [6.45, 7) is 3.61. The Balaban J connectivity index is 2.31. The summed E-state index contributed by atoms with van der Waals surface area (Å²) in [5.74, 6) is 0.600. The predicted molar refractivity (Wildman–Crippen MR) is 78.1 cm³/mol. The van der Waals surface area contributed by atoms with Crippen molar-refractivity contribution < 1.29 is 8.42 Å². The SMILES string of the molecule is CCC(NS(=O)(=O)c1ccc(Cl)cc1C)c1ncc[nH]1. The lowest BCUT2D eigenvalue weighted by molar-refractivity contribution is 0.539. The number of hydrogen-bond donors (Lipinski definition) is 2. The summed E-state index contributed by atoms with van der Waals surface area (Å²) in [6.07, 6.45) is 3.86. The van der Waals surface area contributed by atoms with Gasteiger partial charge in [0.15, 0.2) is 0 Å². The summed E-state index contributed by atoms with van der Waals surface area (Å²) < 4.78 is 27.5. The summed E-state index contributed by atoms with van der Waals surface area (Å²) in [5, 5.41) is 0.513. The van der Waals surface area contributed by atoms with Crippen molar-refractivity contribution in [2.24, 2.45) is 0 Å². The molecule has 1 atom stereocenters. The molecule has 0 saturated carbocycles. The number of benzene rings is 1. The van der Waals surface area contributed by atoms with E-state index in [1.54, 1.807) is 31.5 Å². The second-order valence-electron chi connectivity index (χ2n) is 4.47. The number of nitrogens with one attached hydrogen (secondary N) is 2. The largest absolute Gasteiger partial charge is 0.347 e. The van der Waals surface area contributed by atoms with Gasteiger partial charge in [-0.1, -0.05) is 18.5 Å². The monoisotopic (exact) mass is 313 g/mol. The minimum atomic E-state index is -3.61.